The molecule has 2 rings (SSSR count). The van der Waals surface area contributed by atoms with Gasteiger partial charge in [0.1, 0.15) is 5.75 Å². The standard InChI is InChI=1S/C15H23N3O2.HI/c1-11(2)20-13-5-3-12(4-6-13)18-14(16)17-9-15(10-19)7-8-15;/h3-6,11,19H,7-10H2,1-2H3,(H3,16,17,18);1H. The number of aliphatic hydroxyl groups is 1. The SMILES string of the molecule is CC(C)Oc1ccc(NC(N)=NCC2(CO)CC2)cc1.I. The monoisotopic (exact) mass is 405 g/mol. The predicted molar refractivity (Wildman–Crippen MR) is 96.5 cm³/mol. The Kier molecular flexibility index (Phi) is 6.73. The number of rotatable bonds is 6. The van der Waals surface area contributed by atoms with Gasteiger partial charge in [0.2, 0.25) is 0 Å². The van der Waals surface area contributed by atoms with Crippen molar-refractivity contribution in [3.8, 4) is 5.75 Å². The molecule has 6 heteroatoms. The highest BCUT2D eigenvalue weighted by atomic mass is 127. The van der Waals surface area contributed by atoms with Gasteiger partial charge in [-0.3, -0.25) is 4.99 Å². The highest BCUT2D eigenvalue weighted by Gasteiger charge is 2.41. The van der Waals surface area contributed by atoms with E-state index in [1.54, 1.807) is 0 Å². The zero-order valence-electron chi connectivity index (χ0n) is 12.5. The number of nitrogens with two attached hydrogens (primary N) is 1. The molecule has 1 aliphatic rings. The van der Waals surface area contributed by atoms with Crippen LogP contribution < -0.4 is 15.8 Å². The van der Waals surface area contributed by atoms with Crippen LogP contribution in [0.15, 0.2) is 29.3 Å². The number of benzene rings is 1. The quantitative estimate of drug-likeness (QED) is 0.386. The summed E-state index contributed by atoms with van der Waals surface area (Å²) >= 11 is 0. The maximum absolute atomic E-state index is 9.22. The number of halogens is 1. The van der Waals surface area contributed by atoms with E-state index in [1.165, 1.54) is 0 Å². The van der Waals surface area contributed by atoms with E-state index in [-0.39, 0.29) is 42.1 Å². The normalized spacial score (nSPS) is 16.3. The smallest absolute Gasteiger partial charge is 0.193 e. The van der Waals surface area contributed by atoms with Crippen molar-refractivity contribution in [1.29, 1.82) is 0 Å². The third-order valence-corrected chi connectivity index (χ3v) is 3.38. The lowest BCUT2D eigenvalue weighted by Crippen LogP contribution is -2.24. The molecule has 0 radical (unpaired) electrons. The van der Waals surface area contributed by atoms with Crippen molar-refractivity contribution < 1.29 is 9.84 Å². The largest absolute Gasteiger partial charge is 0.491 e. The Labute approximate surface area is 143 Å². The fourth-order valence-corrected chi connectivity index (χ4v) is 1.87. The van der Waals surface area contributed by atoms with Crippen LogP contribution in [0.2, 0.25) is 0 Å². The average Bonchev–Trinajstić information content (AvgIpc) is 3.19. The van der Waals surface area contributed by atoms with Crippen molar-refractivity contribution in [1.82, 2.24) is 0 Å². The van der Waals surface area contributed by atoms with E-state index in [2.05, 4.69) is 10.3 Å². The van der Waals surface area contributed by atoms with Crippen LogP contribution in [0.1, 0.15) is 26.7 Å². The second-order valence-electron chi connectivity index (χ2n) is 5.68. The topological polar surface area (TPSA) is 79.9 Å². The molecule has 0 aromatic heterocycles. The molecule has 1 saturated carbocycles. The predicted octanol–water partition coefficient (Wildman–Crippen LogP) is 2.59. The van der Waals surface area contributed by atoms with Crippen LogP contribution >= 0.6 is 24.0 Å². The highest BCUT2D eigenvalue weighted by molar-refractivity contribution is 14.0. The lowest BCUT2D eigenvalue weighted by atomic mass is 10.1. The molecule has 0 saturated heterocycles. The molecule has 0 amide bonds. The molecule has 0 aliphatic heterocycles. The van der Waals surface area contributed by atoms with E-state index in [0.29, 0.717) is 12.5 Å². The number of ether oxygens (including phenoxy) is 1. The summed E-state index contributed by atoms with van der Waals surface area (Å²) in [4.78, 5) is 4.29. The molecule has 0 heterocycles. The zero-order valence-corrected chi connectivity index (χ0v) is 14.8. The van der Waals surface area contributed by atoms with Gasteiger partial charge in [0.05, 0.1) is 19.3 Å². The van der Waals surface area contributed by atoms with E-state index < -0.39 is 0 Å². The summed E-state index contributed by atoms with van der Waals surface area (Å²) in [6.45, 7) is 4.75. The molecule has 21 heavy (non-hydrogen) atoms. The van der Waals surface area contributed by atoms with Crippen LogP contribution in [0.5, 0.6) is 5.75 Å². The summed E-state index contributed by atoms with van der Waals surface area (Å²) < 4.78 is 5.57. The number of nitrogens with zero attached hydrogens (tertiary/aromatic N) is 1. The van der Waals surface area contributed by atoms with Crippen LogP contribution in [0, 0.1) is 5.41 Å². The van der Waals surface area contributed by atoms with Crippen LogP contribution in [-0.4, -0.2) is 30.3 Å². The van der Waals surface area contributed by atoms with Gasteiger partial charge < -0.3 is 20.9 Å². The lowest BCUT2D eigenvalue weighted by molar-refractivity contribution is 0.217. The van der Waals surface area contributed by atoms with E-state index >= 15 is 0 Å². The van der Waals surface area contributed by atoms with Crippen molar-refractivity contribution in [3.63, 3.8) is 0 Å². The number of nitrogens with one attached hydrogen (secondary N) is 1. The summed E-state index contributed by atoms with van der Waals surface area (Å²) in [5, 5.41) is 12.3. The Bertz CT molecular complexity index is 470. The average molecular weight is 405 g/mol. The molecule has 0 unspecified atom stereocenters. The first-order chi connectivity index (χ1) is 9.53. The first kappa shape index (κ1) is 18.0. The van der Waals surface area contributed by atoms with Crippen LogP contribution in [0.3, 0.4) is 0 Å². The fraction of sp³-hybridized carbons (Fsp3) is 0.533. The maximum atomic E-state index is 9.22. The van der Waals surface area contributed by atoms with Crippen molar-refractivity contribution in [2.75, 3.05) is 18.5 Å². The molecule has 1 aromatic carbocycles. The van der Waals surface area contributed by atoms with Crippen LogP contribution in [-0.2, 0) is 0 Å². The van der Waals surface area contributed by atoms with Crippen molar-refractivity contribution >= 4 is 35.6 Å². The van der Waals surface area contributed by atoms with Gasteiger partial charge >= 0.3 is 0 Å². The van der Waals surface area contributed by atoms with Gasteiger partial charge in [-0.05, 0) is 51.0 Å². The maximum Gasteiger partial charge on any atom is 0.193 e. The molecule has 0 atom stereocenters. The molecule has 1 fully saturated rings. The highest BCUT2D eigenvalue weighted by Crippen LogP contribution is 2.45. The molecule has 4 N–H and O–H groups in total. The van der Waals surface area contributed by atoms with Gasteiger partial charge in [0.15, 0.2) is 5.96 Å². The molecule has 1 aromatic rings. The molecule has 1 aliphatic carbocycles. The van der Waals surface area contributed by atoms with E-state index in [0.717, 1.165) is 24.3 Å². The summed E-state index contributed by atoms with van der Waals surface area (Å²) in [6, 6.07) is 7.59. The third kappa shape index (κ3) is 5.70. The molecular weight excluding hydrogens is 381 g/mol. The van der Waals surface area contributed by atoms with Gasteiger partial charge in [0, 0.05) is 11.1 Å². The van der Waals surface area contributed by atoms with Crippen LogP contribution in [0.25, 0.3) is 0 Å². The van der Waals surface area contributed by atoms with Gasteiger partial charge in [-0.2, -0.15) is 0 Å². The van der Waals surface area contributed by atoms with E-state index in [4.69, 9.17) is 10.5 Å². The van der Waals surface area contributed by atoms with Crippen molar-refractivity contribution in [3.05, 3.63) is 24.3 Å². The van der Waals surface area contributed by atoms with Crippen molar-refractivity contribution in [2.45, 2.75) is 32.8 Å². The van der Waals surface area contributed by atoms with E-state index in [1.807, 2.05) is 38.1 Å². The first-order valence-electron chi connectivity index (χ1n) is 6.97. The minimum atomic E-state index is -0.0126. The van der Waals surface area contributed by atoms with Gasteiger partial charge in [-0.15, -0.1) is 24.0 Å². The second kappa shape index (κ2) is 7.84. The molecule has 5 nitrogen and oxygen atoms in total. The number of guanidine groups is 1. The third-order valence-electron chi connectivity index (χ3n) is 3.38. The molecule has 0 spiro atoms. The minimum Gasteiger partial charge on any atom is -0.491 e. The summed E-state index contributed by atoms with van der Waals surface area (Å²) in [5.41, 5.74) is 6.70. The van der Waals surface area contributed by atoms with Crippen molar-refractivity contribution in [2.24, 2.45) is 16.1 Å². The number of aliphatic imine (C=N–C) groups is 1. The second-order valence-corrected chi connectivity index (χ2v) is 5.68. The Hall–Kier alpha value is -1.02. The first-order valence-corrected chi connectivity index (χ1v) is 6.97. The van der Waals surface area contributed by atoms with E-state index in [9.17, 15) is 5.11 Å². The number of anilines is 1. The van der Waals surface area contributed by atoms with Gasteiger partial charge in [-0.25, -0.2) is 0 Å². The van der Waals surface area contributed by atoms with Gasteiger partial charge in [-0.1, -0.05) is 0 Å². The Morgan fingerprint density at radius 3 is 2.48 bits per heavy atom. The number of aliphatic hydroxyl groups excluding tert-OH is 1. The Morgan fingerprint density at radius 1 is 1.38 bits per heavy atom. The number of hydrogen-bond donors (Lipinski definition) is 3. The van der Waals surface area contributed by atoms with Gasteiger partial charge in [0.25, 0.3) is 0 Å². The molecule has 118 valence electrons. The molecule has 0 bridgehead atoms. The van der Waals surface area contributed by atoms with Crippen LogP contribution in [0.4, 0.5) is 5.69 Å². The minimum absolute atomic E-state index is 0. The summed E-state index contributed by atoms with van der Waals surface area (Å²) in [6.07, 6.45) is 2.22. The molecular formula is C15H24IN3O2. The zero-order chi connectivity index (χ0) is 14.6. The lowest BCUT2D eigenvalue weighted by Gasteiger charge is -2.12. The summed E-state index contributed by atoms with van der Waals surface area (Å²) in [5.74, 6) is 1.21. The number of hydrogen-bond acceptors (Lipinski definition) is 3. The summed E-state index contributed by atoms with van der Waals surface area (Å²) in [7, 11) is 0. The Morgan fingerprint density at radius 2 is 2.00 bits per heavy atom. The Balaban J connectivity index is 0.00000220. The fourth-order valence-electron chi connectivity index (χ4n) is 1.87.